The molecule has 540 valence electrons. The number of nitrogen functional groups attached to an aromatic ring is 3. The number of halogens is 3. The van der Waals surface area contributed by atoms with Gasteiger partial charge in [0.05, 0.1) is 27.4 Å². The summed E-state index contributed by atoms with van der Waals surface area (Å²) >= 11 is 2.13. The number of aromatic nitrogens is 18. The van der Waals surface area contributed by atoms with E-state index in [9.17, 15) is 18.4 Å². The number of alkyl carbamates (subject to hydrolysis) is 2. The molecule has 0 bridgehead atoms. The maximum absolute atomic E-state index is 11.7. The summed E-state index contributed by atoms with van der Waals surface area (Å²) in [6, 6.07) is 12.0. The van der Waals surface area contributed by atoms with Gasteiger partial charge >= 0.3 is 25.4 Å². The van der Waals surface area contributed by atoms with Gasteiger partial charge < -0.3 is 72.2 Å². The summed E-state index contributed by atoms with van der Waals surface area (Å²) in [4.78, 5) is 73.9. The number of hydrogen-bond acceptors (Lipinski definition) is 24. The Hall–Kier alpha value is -10.3. The van der Waals surface area contributed by atoms with Gasteiger partial charge in [-0.2, -0.15) is 24.1 Å². The zero-order valence-electron chi connectivity index (χ0n) is 58.3. The zero-order chi connectivity index (χ0) is 73.5. The van der Waals surface area contributed by atoms with Crippen LogP contribution < -0.4 is 39.0 Å². The number of pyridine rings is 3. The number of fused-ring (bicyclic) bond motifs is 6. The van der Waals surface area contributed by atoms with Crippen molar-refractivity contribution in [3.05, 3.63) is 109 Å². The SMILES string of the molecule is CC(C)(C)OC(=O)NCCCCn1nc(-c2cnc3[nH]ccc3c2)c2c(N)ncnc21.CC(C)(C)OC(=O)NCCCCn1nc(I)c2c(N)ncnc21.CC1(C)OB(c2cnc3[nH]ccc3c2)OC1(C)C.NCCCCn1nc(-c2cnc3[nH]ccc3c2)c2c(N)ncnc21.OOC=C(F)F. The molecule has 12 aromatic rings. The van der Waals surface area contributed by atoms with E-state index in [1.165, 1.54) is 19.0 Å². The van der Waals surface area contributed by atoms with Crippen molar-refractivity contribution in [3.63, 3.8) is 0 Å². The normalized spacial score (nSPS) is 13.2. The molecule has 36 heteroatoms. The highest BCUT2D eigenvalue weighted by Gasteiger charge is 2.52. The number of nitrogens with one attached hydrogen (secondary N) is 5. The van der Waals surface area contributed by atoms with Crippen molar-refractivity contribution in [1.29, 1.82) is 0 Å². The van der Waals surface area contributed by atoms with Crippen LogP contribution >= 0.6 is 22.6 Å². The summed E-state index contributed by atoms with van der Waals surface area (Å²) in [5, 5.41) is 32.0. The number of hydrogen-bond donors (Lipinski definition) is 10. The van der Waals surface area contributed by atoms with Crippen molar-refractivity contribution in [2.24, 2.45) is 5.73 Å². The van der Waals surface area contributed by atoms with Crippen molar-refractivity contribution in [1.82, 2.24) is 99.8 Å². The molecule has 0 aromatic carbocycles. The summed E-state index contributed by atoms with van der Waals surface area (Å²) in [6.07, 6.45) is 17.5. The van der Waals surface area contributed by atoms with Crippen LogP contribution in [-0.4, -0.2) is 156 Å². The monoisotopic (exact) mass is 1520 g/mol. The molecule has 12 aromatic heterocycles. The second-order valence-electron chi connectivity index (χ2n) is 26.4. The molecule has 14 N–H and O–H groups in total. The van der Waals surface area contributed by atoms with Crippen LogP contribution in [-0.2, 0) is 43.3 Å². The summed E-state index contributed by atoms with van der Waals surface area (Å²) in [5.74, 6) is 1.25. The van der Waals surface area contributed by atoms with E-state index in [1.54, 1.807) is 18.6 Å². The van der Waals surface area contributed by atoms with E-state index in [-0.39, 0.29) is 24.6 Å². The standard InChI is InChI=1S/C21H26N8O2.C16H18N8.C14H21IN6O2.C13H17BN2O2.C2H2F2O2/c1-21(2,3)31-20(30)24-7-4-5-9-29-19-15(17(22)26-12-27-19)16(28-29)14-10-13-6-8-23-18(13)25-11-14;17-4-1-2-6-24-16-12(14(18)21-9-22-16)13(23-24)11-7-10-3-5-19-15(10)20-8-11;1-14(2,3)23-13(22)17-6-4-5-7-21-12-9(10(15)20-21)11(16)18-8-19-12;1-12(2)13(3,4)18-14(17-12)10-7-9-5-6-15-11(9)16-8-10;3-2(4)1-6-5/h6,8,10-12H,4-5,7,9H2,1-3H3,(H,23,25)(H,24,30)(H2,22,26,27);3,5,7-9H,1-2,4,6,17H2,(H,19,20)(H2,18,21,22);8H,4-7H2,1-3H3,(H,17,22)(H2,16,18,19);5-8H,1-4H3,(H,15,16);1,5H. The highest BCUT2D eigenvalue weighted by molar-refractivity contribution is 14.1. The third-order valence-electron chi connectivity index (χ3n) is 15.8. The van der Waals surface area contributed by atoms with Crippen LogP contribution in [0, 0.1) is 3.70 Å². The van der Waals surface area contributed by atoms with Gasteiger partial charge in [-0.25, -0.2) is 73.7 Å². The Morgan fingerprint density at radius 3 is 1.38 bits per heavy atom. The first-order chi connectivity index (χ1) is 48.5. The van der Waals surface area contributed by atoms with Crippen LogP contribution in [0.4, 0.5) is 35.8 Å². The van der Waals surface area contributed by atoms with Crippen molar-refractivity contribution in [2.75, 3.05) is 36.8 Å². The molecular formula is C66H84BF2IN24O8. The van der Waals surface area contributed by atoms with E-state index in [1.807, 2.05) is 105 Å². The Balaban J connectivity index is 0.000000156. The van der Waals surface area contributed by atoms with Crippen LogP contribution in [0.3, 0.4) is 0 Å². The second kappa shape index (κ2) is 33.4. The molecule has 2 amide bonds. The predicted octanol–water partition coefficient (Wildman–Crippen LogP) is 10.3. The lowest BCUT2D eigenvalue weighted by atomic mass is 9.80. The van der Waals surface area contributed by atoms with Crippen LogP contribution in [0.15, 0.2) is 105 Å². The van der Waals surface area contributed by atoms with E-state index in [4.69, 9.17) is 57.2 Å². The fourth-order valence-corrected chi connectivity index (χ4v) is 11.1. The summed E-state index contributed by atoms with van der Waals surface area (Å²) in [6.45, 7) is 23.0. The number of carbonyl (C=O) groups is 2. The van der Waals surface area contributed by atoms with Gasteiger partial charge in [0.2, 0.25) is 0 Å². The number of aromatic amines is 3. The van der Waals surface area contributed by atoms with E-state index in [2.05, 4.69) is 137 Å². The maximum Gasteiger partial charge on any atom is 0.496 e. The number of anilines is 3. The number of carbonyl (C=O) groups excluding carboxylic acids is 2. The van der Waals surface area contributed by atoms with Crippen LogP contribution in [0.5, 0.6) is 0 Å². The van der Waals surface area contributed by atoms with E-state index >= 15 is 0 Å². The molecule has 1 fully saturated rings. The molecule has 0 spiro atoms. The molecule has 102 heavy (non-hydrogen) atoms. The Morgan fingerprint density at radius 2 is 0.980 bits per heavy atom. The number of aryl methyl sites for hydroxylation is 3. The lowest BCUT2D eigenvalue weighted by Gasteiger charge is -2.32. The quantitative estimate of drug-likeness (QED) is 0.00953. The predicted molar refractivity (Wildman–Crippen MR) is 393 cm³/mol. The first kappa shape index (κ1) is 75.9. The first-order valence-electron chi connectivity index (χ1n) is 32.7. The number of ether oxygens (including phenoxy) is 2. The number of H-pyrrole nitrogens is 3. The number of nitrogens with two attached hydrogens (primary N) is 4. The summed E-state index contributed by atoms with van der Waals surface area (Å²) in [7, 11) is -0.346. The molecule has 0 radical (unpaired) electrons. The molecule has 1 saturated heterocycles. The van der Waals surface area contributed by atoms with Gasteiger partial charge in [0, 0.05) is 103 Å². The van der Waals surface area contributed by atoms with E-state index in [0.29, 0.717) is 66.9 Å². The van der Waals surface area contributed by atoms with Gasteiger partial charge in [0.25, 0.3) is 0 Å². The fourth-order valence-electron chi connectivity index (χ4n) is 10.4. The molecule has 0 atom stereocenters. The number of nitrogens with zero attached hydrogens (tertiary/aromatic N) is 15. The van der Waals surface area contributed by atoms with Crippen LogP contribution in [0.25, 0.3) is 88.7 Å². The third-order valence-corrected chi connectivity index (χ3v) is 16.6. The van der Waals surface area contributed by atoms with Gasteiger partial charge in [-0.1, -0.05) is 0 Å². The van der Waals surface area contributed by atoms with Gasteiger partial charge in [0.1, 0.15) is 79.7 Å². The molecular weight excluding hydrogens is 1430 g/mol. The smallest absolute Gasteiger partial charge is 0.444 e. The molecule has 0 saturated carbocycles. The zero-order valence-corrected chi connectivity index (χ0v) is 60.4. The largest absolute Gasteiger partial charge is 0.496 e. The van der Waals surface area contributed by atoms with E-state index in [0.717, 1.165) is 126 Å². The average Bonchev–Trinajstić information content (AvgIpc) is 1.63. The minimum Gasteiger partial charge on any atom is -0.444 e. The lowest BCUT2D eigenvalue weighted by Crippen LogP contribution is -2.41. The average molecular weight is 1520 g/mol. The molecule has 13 heterocycles. The molecule has 1 aliphatic rings. The maximum atomic E-state index is 11.7. The molecule has 0 aliphatic carbocycles. The van der Waals surface area contributed by atoms with Gasteiger partial charge in [-0.15, -0.1) is 0 Å². The van der Waals surface area contributed by atoms with Crippen LogP contribution in [0.2, 0.25) is 0 Å². The number of rotatable bonds is 18. The Bertz CT molecular complexity index is 4830. The van der Waals surface area contributed by atoms with Crippen molar-refractivity contribution in [2.45, 2.75) is 150 Å². The summed E-state index contributed by atoms with van der Waals surface area (Å²) < 4.78 is 50.0. The lowest BCUT2D eigenvalue weighted by molar-refractivity contribution is -0.189. The third kappa shape index (κ3) is 19.6. The minimum absolute atomic E-state index is 0.0694. The molecule has 13 rings (SSSR count). The topological polar surface area (TPSA) is 446 Å². The Morgan fingerprint density at radius 1 is 0.588 bits per heavy atom. The van der Waals surface area contributed by atoms with Gasteiger partial charge in [-0.05, 0) is 173 Å². The molecule has 1 aliphatic heterocycles. The van der Waals surface area contributed by atoms with Crippen molar-refractivity contribution in [3.8, 4) is 22.5 Å². The van der Waals surface area contributed by atoms with Gasteiger partial charge in [-0.3, -0.25) is 0 Å². The van der Waals surface area contributed by atoms with Gasteiger partial charge in [0.15, 0.2) is 23.2 Å². The van der Waals surface area contributed by atoms with E-state index < -0.39 is 29.5 Å². The number of unbranched alkanes of at least 4 members (excludes halogenated alkanes) is 3. The summed E-state index contributed by atoms with van der Waals surface area (Å²) in [5.41, 5.74) is 31.0. The highest BCUT2D eigenvalue weighted by atomic mass is 127. The Kier molecular flexibility index (Phi) is 24.9. The fraction of sp³-hybridized carbons (Fsp3) is 0.394. The second-order valence-corrected chi connectivity index (χ2v) is 27.4. The first-order valence-corrected chi connectivity index (χ1v) is 33.8. The Labute approximate surface area is 598 Å². The van der Waals surface area contributed by atoms with Crippen molar-refractivity contribution >= 4 is 131 Å². The highest BCUT2D eigenvalue weighted by Crippen LogP contribution is 2.37. The van der Waals surface area contributed by atoms with Crippen LogP contribution in [0.1, 0.15) is 108 Å². The minimum atomic E-state index is -2.06. The van der Waals surface area contributed by atoms with Crippen molar-refractivity contribution < 1.29 is 47.3 Å². The molecule has 32 nitrogen and oxygen atoms in total. The molecule has 0 unspecified atom stereocenters. The number of amides is 2.